The molecule has 0 unspecified atom stereocenters. The summed E-state index contributed by atoms with van der Waals surface area (Å²) in [5.41, 5.74) is 0. The fourth-order valence-electron chi connectivity index (χ4n) is 0. The molecule has 0 saturated heterocycles. The Hall–Kier alpha value is 0.890. The van der Waals surface area contributed by atoms with Crippen molar-refractivity contribution in [1.29, 1.82) is 0 Å². The number of rotatable bonds is 1. The Morgan fingerprint density at radius 3 is 1.71 bits per heavy atom. The zero-order valence-electron chi connectivity index (χ0n) is 3.03. The molecule has 0 amide bonds. The third-order valence-corrected chi connectivity index (χ3v) is 0.714. The van der Waals surface area contributed by atoms with Gasteiger partial charge in [0.15, 0.2) is 0 Å². The molecule has 7 heavy (non-hydrogen) atoms. The molecule has 0 rings (SSSR count). The van der Waals surface area contributed by atoms with Crippen molar-refractivity contribution in [1.82, 2.24) is 0 Å². The Morgan fingerprint density at radius 1 is 1.57 bits per heavy atom. The van der Waals surface area contributed by atoms with E-state index in [0.717, 1.165) is 0 Å². The Kier molecular flexibility index (Phi) is 5.92. The quantitative estimate of drug-likeness (QED) is 0.379. The van der Waals surface area contributed by atoms with Crippen molar-refractivity contribution in [3.05, 3.63) is 12.4 Å². The van der Waals surface area contributed by atoms with Crippen molar-refractivity contribution >= 4 is 37.2 Å². The molecule has 0 radical (unpaired) electrons. The molecule has 0 saturated carbocycles. The zero-order chi connectivity index (χ0) is 5.21. The van der Waals surface area contributed by atoms with Crippen LogP contribution in [0.4, 0.5) is 0 Å². The molecule has 3 nitrogen and oxygen atoms in total. The minimum atomic E-state index is -3.88. The van der Waals surface area contributed by atoms with Gasteiger partial charge < -0.3 is 9.79 Å². The average Bonchev–Trinajstić information content (AvgIpc) is 1.35. The summed E-state index contributed by atoms with van der Waals surface area (Å²) in [6.45, 7) is 2.87. The van der Waals surface area contributed by atoms with Crippen molar-refractivity contribution in [3.63, 3.8) is 0 Å². The molecule has 38 valence electrons. The summed E-state index contributed by atoms with van der Waals surface area (Å²) in [6, 6.07) is 0. The predicted molar refractivity (Wildman–Crippen MR) is 29.4 cm³/mol. The van der Waals surface area contributed by atoms with Crippen LogP contribution in [0.15, 0.2) is 12.4 Å². The van der Waals surface area contributed by atoms with Gasteiger partial charge in [-0.2, -0.15) is 0 Å². The van der Waals surface area contributed by atoms with Crippen molar-refractivity contribution < 1.29 is 14.4 Å². The molecular formula is C2H6NaO3P. The Bertz CT molecular complexity index is 95.1. The number of hydrogen-bond donors (Lipinski definition) is 2. The van der Waals surface area contributed by atoms with Crippen LogP contribution in [0, 0.1) is 0 Å². The van der Waals surface area contributed by atoms with E-state index in [9.17, 15) is 4.57 Å². The van der Waals surface area contributed by atoms with Crippen molar-refractivity contribution in [2.75, 3.05) is 0 Å². The van der Waals surface area contributed by atoms with Gasteiger partial charge >= 0.3 is 37.2 Å². The first kappa shape index (κ1) is 10.8. The van der Waals surface area contributed by atoms with Gasteiger partial charge in [0.05, 0.1) is 0 Å². The first-order chi connectivity index (χ1) is 2.56. The third kappa shape index (κ3) is 10.9. The zero-order valence-corrected chi connectivity index (χ0v) is 3.93. The molecule has 0 aromatic rings. The molecule has 0 aromatic carbocycles. The van der Waals surface area contributed by atoms with E-state index in [0.29, 0.717) is 5.82 Å². The second kappa shape index (κ2) is 3.84. The normalized spacial score (nSPS) is 9.43. The molecule has 0 heterocycles. The molecule has 0 atom stereocenters. The second-order valence-electron chi connectivity index (χ2n) is 0.772. The molecule has 0 aliphatic heterocycles. The van der Waals surface area contributed by atoms with E-state index >= 15 is 0 Å². The Labute approximate surface area is 63.9 Å². The Balaban J connectivity index is 0. The van der Waals surface area contributed by atoms with Crippen LogP contribution < -0.4 is 0 Å². The molecule has 0 aliphatic rings. The van der Waals surface area contributed by atoms with E-state index in [1.807, 2.05) is 0 Å². The fraction of sp³-hybridized carbons (Fsp3) is 0. The van der Waals surface area contributed by atoms with Crippen molar-refractivity contribution in [2.45, 2.75) is 0 Å². The van der Waals surface area contributed by atoms with Gasteiger partial charge in [-0.25, -0.2) is 0 Å². The first-order valence-corrected chi connectivity index (χ1v) is 2.93. The van der Waals surface area contributed by atoms with Crippen LogP contribution in [-0.4, -0.2) is 39.3 Å². The summed E-state index contributed by atoms with van der Waals surface area (Å²) < 4.78 is 9.58. The van der Waals surface area contributed by atoms with Gasteiger partial charge in [-0.3, -0.25) is 4.57 Å². The van der Waals surface area contributed by atoms with Crippen LogP contribution >= 0.6 is 7.60 Å². The molecular weight excluding hydrogens is 126 g/mol. The monoisotopic (exact) mass is 132 g/mol. The van der Waals surface area contributed by atoms with Gasteiger partial charge in [0, 0.05) is 5.82 Å². The third-order valence-electron chi connectivity index (χ3n) is 0.238. The Morgan fingerprint density at radius 2 is 1.71 bits per heavy atom. The predicted octanol–water partition coefficient (Wildman–Crippen LogP) is -0.341. The van der Waals surface area contributed by atoms with Gasteiger partial charge in [-0.1, -0.05) is 6.58 Å². The summed E-state index contributed by atoms with van der Waals surface area (Å²) in [7, 11) is -3.88. The second-order valence-corrected chi connectivity index (χ2v) is 2.31. The summed E-state index contributed by atoms with van der Waals surface area (Å²) in [5.74, 6) is 0.604. The van der Waals surface area contributed by atoms with Crippen LogP contribution in [0.2, 0.25) is 0 Å². The average molecular weight is 132 g/mol. The van der Waals surface area contributed by atoms with Crippen LogP contribution in [-0.2, 0) is 4.57 Å². The topological polar surface area (TPSA) is 57.5 Å². The molecule has 2 N–H and O–H groups in total. The molecule has 0 spiro atoms. The van der Waals surface area contributed by atoms with Crippen LogP contribution in [0.5, 0.6) is 0 Å². The van der Waals surface area contributed by atoms with E-state index in [2.05, 4.69) is 6.58 Å². The summed E-state index contributed by atoms with van der Waals surface area (Å²) in [5, 5.41) is 0. The van der Waals surface area contributed by atoms with Gasteiger partial charge in [0.2, 0.25) is 0 Å². The van der Waals surface area contributed by atoms with Gasteiger partial charge in [-0.15, -0.1) is 0 Å². The SMILES string of the molecule is C=CP(=O)(O)O.[NaH]. The van der Waals surface area contributed by atoms with E-state index < -0.39 is 7.60 Å². The summed E-state index contributed by atoms with van der Waals surface area (Å²) in [6.07, 6.45) is 0. The van der Waals surface area contributed by atoms with E-state index in [1.54, 1.807) is 0 Å². The summed E-state index contributed by atoms with van der Waals surface area (Å²) in [4.78, 5) is 15.6. The molecule has 0 aliphatic carbocycles. The van der Waals surface area contributed by atoms with Gasteiger partial charge in [0.25, 0.3) is 0 Å². The van der Waals surface area contributed by atoms with Gasteiger partial charge in [0.1, 0.15) is 0 Å². The first-order valence-electron chi connectivity index (χ1n) is 1.25. The van der Waals surface area contributed by atoms with Crippen LogP contribution in [0.25, 0.3) is 0 Å². The fourth-order valence-corrected chi connectivity index (χ4v) is 0. The van der Waals surface area contributed by atoms with E-state index in [4.69, 9.17) is 9.79 Å². The standard InChI is InChI=1S/C2H5O3P.Na.H/c1-2-6(3,4)5;;/h2H,1H2,(H2,3,4,5);;. The van der Waals surface area contributed by atoms with E-state index in [1.165, 1.54) is 0 Å². The number of hydrogen-bond acceptors (Lipinski definition) is 1. The maximum atomic E-state index is 9.58. The van der Waals surface area contributed by atoms with Crippen LogP contribution in [0.3, 0.4) is 0 Å². The molecule has 5 heteroatoms. The molecule has 0 bridgehead atoms. The van der Waals surface area contributed by atoms with Gasteiger partial charge in [-0.05, 0) is 0 Å². The maximum absolute atomic E-state index is 9.58. The summed E-state index contributed by atoms with van der Waals surface area (Å²) >= 11 is 0. The molecule has 0 fully saturated rings. The minimum absolute atomic E-state index is 0. The molecule has 0 aromatic heterocycles. The van der Waals surface area contributed by atoms with E-state index in [-0.39, 0.29) is 29.6 Å². The van der Waals surface area contributed by atoms with Crippen molar-refractivity contribution in [2.24, 2.45) is 0 Å². The van der Waals surface area contributed by atoms with Crippen LogP contribution in [0.1, 0.15) is 0 Å². The van der Waals surface area contributed by atoms with Crippen molar-refractivity contribution in [3.8, 4) is 0 Å².